The van der Waals surface area contributed by atoms with Crippen molar-refractivity contribution in [3.8, 4) is 0 Å². The summed E-state index contributed by atoms with van der Waals surface area (Å²) in [4.78, 5) is 0.267. The molecule has 28 heavy (non-hydrogen) atoms. The molecule has 0 aromatic heterocycles. The molecule has 0 aliphatic rings. The molecule has 0 spiro atoms. The molecule has 1 unspecified atom stereocenters. The Morgan fingerprint density at radius 3 is 2.04 bits per heavy atom. The maximum absolute atomic E-state index is 12.4. The topological polar surface area (TPSA) is 43.4 Å². The molecule has 0 bridgehead atoms. The van der Waals surface area contributed by atoms with E-state index in [9.17, 15) is 8.42 Å². The van der Waals surface area contributed by atoms with Crippen molar-refractivity contribution in [2.45, 2.75) is 22.7 Å². The fourth-order valence-corrected chi connectivity index (χ4v) is 5.48. The van der Waals surface area contributed by atoms with Crippen LogP contribution in [0.15, 0.2) is 108 Å². The number of hydrogen-bond acceptors (Lipinski definition) is 3. The molecule has 0 saturated carbocycles. The standard InChI is InChI=1S/C23H22O3SSe/c24-27(25,22-12-6-2-7-13-22)17-16-26-21(18-20-10-4-1-5-11-20)19-28-23-14-8-3-9-15-23/h1-17,21H,18-19H2/b17-16+. The molecule has 3 aromatic carbocycles. The van der Waals surface area contributed by atoms with E-state index in [-0.39, 0.29) is 26.0 Å². The van der Waals surface area contributed by atoms with Crippen LogP contribution < -0.4 is 4.46 Å². The van der Waals surface area contributed by atoms with Crippen molar-refractivity contribution in [1.82, 2.24) is 0 Å². The summed E-state index contributed by atoms with van der Waals surface area (Å²) in [6, 6.07) is 28.8. The molecule has 144 valence electrons. The summed E-state index contributed by atoms with van der Waals surface area (Å²) >= 11 is 0.257. The average Bonchev–Trinajstić information content (AvgIpc) is 2.74. The van der Waals surface area contributed by atoms with Gasteiger partial charge in [0.1, 0.15) is 0 Å². The van der Waals surface area contributed by atoms with Crippen LogP contribution in [0.25, 0.3) is 0 Å². The van der Waals surface area contributed by atoms with Gasteiger partial charge in [-0.2, -0.15) is 0 Å². The fraction of sp³-hybridized carbons (Fsp3) is 0.130. The van der Waals surface area contributed by atoms with Gasteiger partial charge < -0.3 is 0 Å². The Balaban J connectivity index is 1.67. The molecular formula is C23H22O3SSe. The first kappa shape index (κ1) is 20.4. The second kappa shape index (κ2) is 10.3. The summed E-state index contributed by atoms with van der Waals surface area (Å²) in [5, 5.41) is 2.01. The molecule has 0 aliphatic heterocycles. The van der Waals surface area contributed by atoms with Crippen molar-refractivity contribution < 1.29 is 13.2 Å². The van der Waals surface area contributed by atoms with Crippen LogP contribution in [-0.2, 0) is 21.0 Å². The molecule has 0 N–H and O–H groups in total. The predicted octanol–water partition coefficient (Wildman–Crippen LogP) is 4.01. The van der Waals surface area contributed by atoms with Crippen molar-refractivity contribution in [3.63, 3.8) is 0 Å². The summed E-state index contributed by atoms with van der Waals surface area (Å²) in [6.45, 7) is 0. The van der Waals surface area contributed by atoms with E-state index in [1.54, 1.807) is 30.3 Å². The average molecular weight is 457 g/mol. The molecular weight excluding hydrogens is 435 g/mol. The summed E-state index contributed by atoms with van der Waals surface area (Å²) < 4.78 is 32.0. The first-order valence-electron chi connectivity index (χ1n) is 8.97. The van der Waals surface area contributed by atoms with E-state index < -0.39 is 9.84 Å². The van der Waals surface area contributed by atoms with Gasteiger partial charge in [0.05, 0.1) is 0 Å². The summed E-state index contributed by atoms with van der Waals surface area (Å²) in [6.07, 6.45) is 1.99. The monoisotopic (exact) mass is 458 g/mol. The number of benzene rings is 3. The van der Waals surface area contributed by atoms with Crippen LogP contribution in [0.4, 0.5) is 0 Å². The second-order valence-corrected chi connectivity index (χ2v) is 10.3. The molecule has 0 amide bonds. The Hall–Kier alpha value is -2.33. The van der Waals surface area contributed by atoms with E-state index in [0.29, 0.717) is 0 Å². The van der Waals surface area contributed by atoms with Gasteiger partial charge >= 0.3 is 173 Å². The SMILES string of the molecule is O=S(=O)(/C=C/OC(C[Se]c1ccccc1)Cc1ccccc1)c1ccccc1. The molecule has 0 heterocycles. The number of ether oxygens (including phenoxy) is 1. The summed E-state index contributed by atoms with van der Waals surface area (Å²) in [7, 11) is -3.50. The van der Waals surface area contributed by atoms with Gasteiger partial charge in [0, 0.05) is 0 Å². The Morgan fingerprint density at radius 1 is 0.821 bits per heavy atom. The van der Waals surface area contributed by atoms with Crippen LogP contribution in [-0.4, -0.2) is 29.5 Å². The maximum atomic E-state index is 12.4. The van der Waals surface area contributed by atoms with E-state index in [1.165, 1.54) is 16.3 Å². The molecule has 0 saturated heterocycles. The molecule has 3 rings (SSSR count). The number of hydrogen-bond donors (Lipinski definition) is 0. The van der Waals surface area contributed by atoms with Crippen molar-refractivity contribution >= 4 is 29.3 Å². The minimum atomic E-state index is -3.50. The first-order valence-corrected chi connectivity index (χ1v) is 12.6. The third kappa shape index (κ3) is 6.38. The van der Waals surface area contributed by atoms with Crippen LogP contribution in [0, 0.1) is 0 Å². The Labute approximate surface area is 173 Å². The third-order valence-electron chi connectivity index (χ3n) is 4.06. The van der Waals surface area contributed by atoms with Gasteiger partial charge in [0.25, 0.3) is 0 Å². The van der Waals surface area contributed by atoms with Crippen molar-refractivity contribution in [2.75, 3.05) is 0 Å². The van der Waals surface area contributed by atoms with Gasteiger partial charge in [0.2, 0.25) is 0 Å². The summed E-state index contributed by atoms with van der Waals surface area (Å²) in [5.74, 6) is 0. The van der Waals surface area contributed by atoms with Crippen molar-refractivity contribution in [3.05, 3.63) is 108 Å². The first-order chi connectivity index (χ1) is 13.6. The zero-order valence-corrected chi connectivity index (χ0v) is 17.9. The predicted molar refractivity (Wildman–Crippen MR) is 114 cm³/mol. The molecule has 3 nitrogen and oxygen atoms in total. The van der Waals surface area contributed by atoms with Gasteiger partial charge in [-0.25, -0.2) is 0 Å². The van der Waals surface area contributed by atoms with E-state index in [4.69, 9.17) is 4.74 Å². The normalized spacial score (nSPS) is 12.7. The van der Waals surface area contributed by atoms with Crippen LogP contribution >= 0.6 is 0 Å². The van der Waals surface area contributed by atoms with Crippen molar-refractivity contribution in [1.29, 1.82) is 0 Å². The van der Waals surface area contributed by atoms with Gasteiger partial charge in [-0.3, -0.25) is 0 Å². The van der Waals surface area contributed by atoms with Crippen LogP contribution in [0.3, 0.4) is 0 Å². The number of sulfone groups is 1. The van der Waals surface area contributed by atoms with E-state index in [0.717, 1.165) is 17.1 Å². The third-order valence-corrected chi connectivity index (χ3v) is 7.86. The molecule has 3 aromatic rings. The molecule has 0 fully saturated rings. The van der Waals surface area contributed by atoms with Gasteiger partial charge in [-0.05, 0) is 0 Å². The molecule has 1 atom stereocenters. The fourth-order valence-electron chi connectivity index (χ4n) is 2.63. The minimum absolute atomic E-state index is 0.0789. The zero-order valence-electron chi connectivity index (χ0n) is 15.3. The molecule has 5 heteroatoms. The van der Waals surface area contributed by atoms with Gasteiger partial charge in [-0.1, -0.05) is 0 Å². The summed E-state index contributed by atoms with van der Waals surface area (Å²) in [5.41, 5.74) is 1.18. The quantitative estimate of drug-likeness (QED) is 0.360. The Kier molecular flexibility index (Phi) is 7.49. The molecule has 0 aliphatic carbocycles. The van der Waals surface area contributed by atoms with Crippen LogP contribution in [0.2, 0.25) is 5.32 Å². The van der Waals surface area contributed by atoms with E-state index in [1.807, 2.05) is 36.4 Å². The Morgan fingerprint density at radius 2 is 1.39 bits per heavy atom. The zero-order chi connectivity index (χ0) is 19.7. The van der Waals surface area contributed by atoms with E-state index in [2.05, 4.69) is 24.3 Å². The van der Waals surface area contributed by atoms with Crippen LogP contribution in [0.5, 0.6) is 0 Å². The van der Waals surface area contributed by atoms with Crippen LogP contribution in [0.1, 0.15) is 5.56 Å². The Bertz CT molecular complexity index is 972. The van der Waals surface area contributed by atoms with Gasteiger partial charge in [0.15, 0.2) is 0 Å². The molecule has 0 radical (unpaired) electrons. The van der Waals surface area contributed by atoms with Gasteiger partial charge in [-0.15, -0.1) is 0 Å². The second-order valence-electron chi connectivity index (χ2n) is 6.20. The van der Waals surface area contributed by atoms with Crippen molar-refractivity contribution in [2.24, 2.45) is 0 Å². The van der Waals surface area contributed by atoms with E-state index >= 15 is 0 Å². The number of rotatable bonds is 9.